The fraction of sp³-hybridized carbons (Fsp3) is 0.455. The highest BCUT2D eigenvalue weighted by atomic mass is 32.2. The zero-order valence-electron chi connectivity index (χ0n) is 25.9. The van der Waals surface area contributed by atoms with E-state index in [2.05, 4.69) is 40.1 Å². The van der Waals surface area contributed by atoms with Crippen LogP contribution < -0.4 is 16.0 Å². The highest BCUT2D eigenvalue weighted by molar-refractivity contribution is 7.86. The van der Waals surface area contributed by atoms with E-state index in [1.807, 2.05) is 39.8 Å². The maximum Gasteiger partial charge on any atom is 0.303 e. The minimum atomic E-state index is -0.902. The molecule has 4 aliphatic rings. The van der Waals surface area contributed by atoms with Crippen molar-refractivity contribution in [2.24, 2.45) is 11.8 Å². The molecule has 10 nitrogen and oxygen atoms in total. The second-order valence-corrected chi connectivity index (χ2v) is 14.3. The maximum atomic E-state index is 12.6. The van der Waals surface area contributed by atoms with Gasteiger partial charge in [0.25, 0.3) is 5.91 Å². The number of aromatic nitrogens is 1. The van der Waals surface area contributed by atoms with Crippen LogP contribution in [-0.2, 0) is 37.4 Å². The van der Waals surface area contributed by atoms with E-state index in [1.54, 1.807) is 0 Å². The number of H-pyrrole nitrogens is 1. The van der Waals surface area contributed by atoms with Crippen molar-refractivity contribution in [2.75, 3.05) is 5.75 Å². The molecule has 0 saturated carbocycles. The fourth-order valence-electron chi connectivity index (χ4n) is 6.79. The molecule has 2 saturated heterocycles. The van der Waals surface area contributed by atoms with Gasteiger partial charge in [-0.1, -0.05) is 13.5 Å². The van der Waals surface area contributed by atoms with Gasteiger partial charge < -0.3 is 31.1 Å². The molecule has 0 spiro atoms. The molecular weight excluding hydrogens is 613 g/mol. The molecule has 12 heteroatoms. The molecule has 0 bridgehead atoms. The van der Waals surface area contributed by atoms with Crippen LogP contribution in [0.3, 0.4) is 0 Å². The van der Waals surface area contributed by atoms with E-state index >= 15 is 0 Å². The molecule has 2 fully saturated rings. The Morgan fingerprint density at radius 2 is 1.64 bits per heavy atom. The molecule has 1 aromatic rings. The van der Waals surface area contributed by atoms with Crippen molar-refractivity contribution >= 4 is 60.3 Å². The van der Waals surface area contributed by atoms with E-state index in [9.17, 15) is 29.4 Å². The Kier molecular flexibility index (Phi) is 9.46. The average Bonchev–Trinajstić information content (AvgIpc) is 3.52. The second kappa shape index (κ2) is 13.0. The second-order valence-electron chi connectivity index (χ2n) is 12.4. The molecular formula is C33H41N4O6S2+. The van der Waals surface area contributed by atoms with Crippen molar-refractivity contribution in [3.8, 4) is 0 Å². The summed E-state index contributed by atoms with van der Waals surface area (Å²) in [6.07, 6.45) is 5.00. The molecule has 0 radical (unpaired) electrons. The van der Waals surface area contributed by atoms with E-state index in [1.165, 1.54) is 11.8 Å². The topological polar surface area (TPSA) is 161 Å². The third kappa shape index (κ3) is 6.81. The van der Waals surface area contributed by atoms with E-state index in [-0.39, 0.29) is 48.6 Å². The summed E-state index contributed by atoms with van der Waals surface area (Å²) >= 11 is 5.65. The number of hydrogen-bond donors (Lipinski definition) is 7. The van der Waals surface area contributed by atoms with Gasteiger partial charge in [0.15, 0.2) is 11.0 Å². The first-order valence-corrected chi connectivity index (χ1v) is 16.8. The van der Waals surface area contributed by atoms with Crippen LogP contribution in [0.2, 0.25) is 0 Å². The lowest BCUT2D eigenvalue weighted by Crippen LogP contribution is -2.36. The fourth-order valence-corrected chi connectivity index (χ4v) is 8.06. The number of hydrogen-bond acceptors (Lipinski definition) is 6. The molecule has 5 atom stereocenters. The molecule has 4 aliphatic heterocycles. The van der Waals surface area contributed by atoms with Crippen LogP contribution in [0.1, 0.15) is 69.0 Å². The zero-order chi connectivity index (χ0) is 32.7. The summed E-state index contributed by atoms with van der Waals surface area (Å²) in [5.41, 5.74) is 8.20. The van der Waals surface area contributed by atoms with Crippen LogP contribution in [0.15, 0.2) is 45.2 Å². The quantitative estimate of drug-likeness (QED) is 0.103. The van der Waals surface area contributed by atoms with Gasteiger partial charge in [-0.05, 0) is 91.8 Å². The van der Waals surface area contributed by atoms with Crippen molar-refractivity contribution < 1.29 is 29.4 Å². The number of aliphatic carboxylic acids is 2. The highest BCUT2D eigenvalue weighted by Gasteiger charge is 2.52. The van der Waals surface area contributed by atoms with Crippen LogP contribution in [-0.4, -0.2) is 62.0 Å². The summed E-state index contributed by atoms with van der Waals surface area (Å²) in [5, 5.41) is 29.1. The normalized spacial score (nSPS) is 27.8. The first kappa shape index (κ1) is 32.7. The first-order chi connectivity index (χ1) is 21.3. The number of carbonyl (C=O) groups excluding carboxylic acids is 2. The predicted molar refractivity (Wildman–Crippen MR) is 180 cm³/mol. The van der Waals surface area contributed by atoms with Crippen LogP contribution in [0.4, 0.5) is 0 Å². The zero-order valence-corrected chi connectivity index (χ0v) is 27.7. The van der Waals surface area contributed by atoms with E-state index in [0.717, 1.165) is 56.4 Å². The van der Waals surface area contributed by atoms with Crippen LogP contribution in [0, 0.1) is 18.8 Å². The summed E-state index contributed by atoms with van der Waals surface area (Å²) in [6.45, 7) is 11.6. The first-order valence-electron chi connectivity index (χ1n) is 15.2. The van der Waals surface area contributed by atoms with Crippen molar-refractivity contribution in [1.82, 2.24) is 20.9 Å². The summed E-state index contributed by atoms with van der Waals surface area (Å²) in [5.74, 6) is -0.886. The van der Waals surface area contributed by atoms with Gasteiger partial charge in [-0.3, -0.25) is 19.2 Å². The van der Waals surface area contributed by atoms with Crippen molar-refractivity contribution in [2.45, 2.75) is 77.1 Å². The largest absolute Gasteiger partial charge is 0.481 e. The minimum absolute atomic E-state index is 0.0187. The van der Waals surface area contributed by atoms with Gasteiger partial charge in [0, 0.05) is 52.5 Å². The van der Waals surface area contributed by atoms with Gasteiger partial charge in [-0.25, -0.2) is 0 Å². The maximum absolute atomic E-state index is 12.6. The van der Waals surface area contributed by atoms with Gasteiger partial charge in [0.1, 0.15) is 0 Å². The molecule has 45 heavy (non-hydrogen) atoms. The van der Waals surface area contributed by atoms with Gasteiger partial charge in [-0.2, -0.15) is 0 Å². The van der Waals surface area contributed by atoms with Gasteiger partial charge in [0.05, 0.1) is 17.5 Å². The SMILES string of the molecule is C=C(S)C1=C(C)[C@@H](CC2N/C(=C/c3[nH]c(/C=C4\NC(=O)[C@H](C)[C@H]4[C@@H]4C[SH+]4)c(C)c3CCC(=O)O)C(CCC(=O)O)=C2C)NC1=O. The number of amides is 2. The molecule has 1 aromatic heterocycles. The molecule has 1 unspecified atom stereocenters. The lowest BCUT2D eigenvalue weighted by molar-refractivity contribution is -0.138. The Balaban J connectivity index is 1.51. The Hall–Kier alpha value is -3.64. The molecule has 240 valence electrons. The Bertz CT molecular complexity index is 1610. The van der Waals surface area contributed by atoms with E-state index < -0.39 is 11.9 Å². The Morgan fingerprint density at radius 1 is 1.00 bits per heavy atom. The number of allylic oxidation sites excluding steroid dienone is 2. The van der Waals surface area contributed by atoms with Crippen LogP contribution >= 0.6 is 12.6 Å². The highest BCUT2D eigenvalue weighted by Crippen LogP contribution is 2.39. The van der Waals surface area contributed by atoms with Crippen LogP contribution in [0.25, 0.3) is 12.2 Å². The predicted octanol–water partition coefficient (Wildman–Crippen LogP) is 3.40. The number of aromatic amines is 1. The Morgan fingerprint density at radius 3 is 2.24 bits per heavy atom. The number of nitrogens with one attached hydrogen (secondary N) is 4. The molecule has 0 aromatic carbocycles. The Labute approximate surface area is 272 Å². The number of rotatable bonds is 12. The van der Waals surface area contributed by atoms with Gasteiger partial charge in [0.2, 0.25) is 5.91 Å². The van der Waals surface area contributed by atoms with E-state index in [0.29, 0.717) is 35.0 Å². The smallest absolute Gasteiger partial charge is 0.303 e. The molecule has 5 rings (SSSR count). The van der Waals surface area contributed by atoms with Crippen molar-refractivity contribution in [3.63, 3.8) is 0 Å². The summed E-state index contributed by atoms with van der Waals surface area (Å²) < 4.78 is 0. The third-order valence-corrected chi connectivity index (χ3v) is 10.8. The number of carbonyl (C=O) groups is 4. The van der Waals surface area contributed by atoms with Gasteiger partial charge in [-0.15, -0.1) is 12.6 Å². The lowest BCUT2D eigenvalue weighted by Gasteiger charge is -2.20. The minimum Gasteiger partial charge on any atom is -0.481 e. The third-order valence-electron chi connectivity index (χ3n) is 9.47. The lowest BCUT2D eigenvalue weighted by atomic mass is 9.91. The standard InChI is InChI=1S/C33H40N4O6S2/c1-14-19(6-8-28(38)39)24(34-21(14)10-23-16(3)30(18(5)44)33(43)36-23)12-25-20(7-9-29(40)41)15(2)22(35-25)11-26-31(27-13-45-27)17(4)32(42)37-26/h11-12,17,21,23,27,31,34-35,44H,5-10,13H2,1-4H3,(H,36,43)(H,37,42)(H,38,39)(H,40,41)/p+1/b24-12+,26-11-/t17-,21?,23-,27+,31-/m1/s1. The monoisotopic (exact) mass is 653 g/mol. The molecule has 2 amide bonds. The summed E-state index contributed by atoms with van der Waals surface area (Å²) in [7, 11) is 0. The number of carboxylic acid groups (broad SMARTS) is 2. The average molecular weight is 654 g/mol. The molecule has 5 heterocycles. The molecule has 0 aliphatic carbocycles. The van der Waals surface area contributed by atoms with E-state index in [4.69, 9.17) is 0 Å². The summed E-state index contributed by atoms with van der Waals surface area (Å²) in [6, 6.07) is -0.398. The molecule has 6 N–H and O–H groups in total. The van der Waals surface area contributed by atoms with Gasteiger partial charge >= 0.3 is 11.9 Å². The number of carboxylic acids is 2. The van der Waals surface area contributed by atoms with Crippen molar-refractivity contribution in [1.29, 1.82) is 0 Å². The number of thiol groups is 2. The van der Waals surface area contributed by atoms with Crippen molar-refractivity contribution in [3.05, 3.63) is 67.7 Å². The summed E-state index contributed by atoms with van der Waals surface area (Å²) in [4.78, 5) is 52.2. The van der Waals surface area contributed by atoms with Crippen LogP contribution in [0.5, 0.6) is 0 Å².